The van der Waals surface area contributed by atoms with E-state index < -0.39 is 0 Å². The summed E-state index contributed by atoms with van der Waals surface area (Å²) in [7, 11) is 1.82. The molecule has 54 valence electrons. The fraction of sp³-hybridized carbons (Fsp3) is 0.143. The summed E-state index contributed by atoms with van der Waals surface area (Å²) in [5.74, 6) is 0. The summed E-state index contributed by atoms with van der Waals surface area (Å²) in [6.07, 6.45) is 0. The Morgan fingerprint density at radius 1 is 1.10 bits per heavy atom. The van der Waals surface area contributed by atoms with E-state index in [4.69, 9.17) is 23.2 Å². The molecule has 0 atom stereocenters. The van der Waals surface area contributed by atoms with Gasteiger partial charge in [0.25, 0.3) is 0 Å². The molecule has 0 spiro atoms. The lowest BCUT2D eigenvalue weighted by Crippen LogP contribution is -1.86. The zero-order valence-corrected chi connectivity index (χ0v) is 7.00. The number of halogens is 2. The lowest BCUT2D eigenvalue weighted by Gasteiger charge is -1.99. The Labute approximate surface area is 70.0 Å². The predicted molar refractivity (Wildman–Crippen MR) is 46.0 cm³/mol. The summed E-state index contributed by atoms with van der Waals surface area (Å²) < 4.78 is 0. The average Bonchev–Trinajstić information content (AvgIpc) is 1.85. The van der Waals surface area contributed by atoms with Gasteiger partial charge in [0.15, 0.2) is 0 Å². The van der Waals surface area contributed by atoms with Gasteiger partial charge in [-0.15, -0.1) is 0 Å². The quantitative estimate of drug-likeness (QED) is 0.693. The molecule has 0 amide bonds. The number of hydrogen-bond acceptors (Lipinski definition) is 1. The van der Waals surface area contributed by atoms with E-state index in [-0.39, 0.29) is 0 Å². The predicted octanol–water partition coefficient (Wildman–Crippen LogP) is 3.04. The Kier molecular flexibility index (Phi) is 2.41. The molecule has 0 aliphatic carbocycles. The monoisotopic (exact) mass is 175 g/mol. The largest absolute Gasteiger partial charge is 0.388 e. The lowest BCUT2D eigenvalue weighted by atomic mass is 10.3. The van der Waals surface area contributed by atoms with Gasteiger partial charge in [0.1, 0.15) is 0 Å². The van der Waals surface area contributed by atoms with Gasteiger partial charge in [-0.3, -0.25) is 0 Å². The number of rotatable bonds is 1. The van der Waals surface area contributed by atoms with Crippen molar-refractivity contribution in [1.82, 2.24) is 0 Å². The molecule has 0 heterocycles. The second-order valence-corrected chi connectivity index (χ2v) is 2.78. The lowest BCUT2D eigenvalue weighted by molar-refractivity contribution is 1.51. The van der Waals surface area contributed by atoms with Crippen molar-refractivity contribution in [3.8, 4) is 0 Å². The molecule has 0 aliphatic heterocycles. The second-order valence-electron chi connectivity index (χ2n) is 1.91. The van der Waals surface area contributed by atoms with Crippen LogP contribution in [0.4, 0.5) is 5.69 Å². The van der Waals surface area contributed by atoms with Crippen molar-refractivity contribution in [1.29, 1.82) is 0 Å². The minimum absolute atomic E-state index is 0.650. The third-order valence-electron chi connectivity index (χ3n) is 1.15. The normalized spacial score (nSPS) is 9.50. The highest BCUT2D eigenvalue weighted by Crippen LogP contribution is 2.21. The molecular formula is C7H7Cl2N. The van der Waals surface area contributed by atoms with E-state index in [0.717, 1.165) is 5.69 Å². The van der Waals surface area contributed by atoms with Crippen LogP contribution in [0.5, 0.6) is 0 Å². The van der Waals surface area contributed by atoms with Crippen LogP contribution < -0.4 is 5.32 Å². The van der Waals surface area contributed by atoms with E-state index in [1.165, 1.54) is 0 Å². The van der Waals surface area contributed by atoms with Gasteiger partial charge in [0.05, 0.1) is 0 Å². The molecular weight excluding hydrogens is 169 g/mol. The average molecular weight is 176 g/mol. The van der Waals surface area contributed by atoms with Crippen molar-refractivity contribution in [2.75, 3.05) is 12.4 Å². The maximum atomic E-state index is 5.70. The Morgan fingerprint density at radius 2 is 1.60 bits per heavy atom. The third-order valence-corrected chi connectivity index (χ3v) is 1.59. The fourth-order valence-corrected chi connectivity index (χ4v) is 1.22. The van der Waals surface area contributed by atoms with Gasteiger partial charge in [-0.2, -0.15) is 0 Å². The molecule has 0 aromatic heterocycles. The molecule has 1 aromatic carbocycles. The molecule has 0 fully saturated rings. The van der Waals surface area contributed by atoms with Crippen LogP contribution >= 0.6 is 23.2 Å². The van der Waals surface area contributed by atoms with Crippen molar-refractivity contribution >= 4 is 28.9 Å². The van der Waals surface area contributed by atoms with Crippen LogP contribution in [0, 0.1) is 0 Å². The van der Waals surface area contributed by atoms with Crippen LogP contribution in [0.2, 0.25) is 10.0 Å². The highest BCUT2D eigenvalue weighted by Gasteiger charge is 1.93. The van der Waals surface area contributed by atoms with Gasteiger partial charge in [0.2, 0.25) is 0 Å². The van der Waals surface area contributed by atoms with E-state index in [1.807, 2.05) is 19.2 Å². The maximum absolute atomic E-state index is 5.70. The van der Waals surface area contributed by atoms with E-state index in [0.29, 0.717) is 10.0 Å². The number of anilines is 1. The third kappa shape index (κ3) is 1.79. The van der Waals surface area contributed by atoms with Gasteiger partial charge in [0, 0.05) is 22.8 Å². The number of hydrogen-bond donors (Lipinski definition) is 1. The highest BCUT2D eigenvalue weighted by molar-refractivity contribution is 6.35. The van der Waals surface area contributed by atoms with Crippen LogP contribution in [0.1, 0.15) is 0 Å². The van der Waals surface area contributed by atoms with Crippen molar-refractivity contribution in [3.63, 3.8) is 0 Å². The van der Waals surface area contributed by atoms with E-state index in [2.05, 4.69) is 5.32 Å². The molecule has 0 bridgehead atoms. The van der Waals surface area contributed by atoms with Crippen LogP contribution in [-0.2, 0) is 0 Å². The van der Waals surface area contributed by atoms with Crippen molar-refractivity contribution in [2.24, 2.45) is 0 Å². The first-order valence-electron chi connectivity index (χ1n) is 2.86. The topological polar surface area (TPSA) is 12.0 Å². The molecule has 1 aromatic rings. The minimum atomic E-state index is 0.650. The first-order chi connectivity index (χ1) is 4.72. The number of nitrogens with one attached hydrogen (secondary N) is 1. The molecule has 1 N–H and O–H groups in total. The Bertz CT molecular complexity index is 215. The summed E-state index contributed by atoms with van der Waals surface area (Å²) in [6, 6.07) is 5.32. The first kappa shape index (κ1) is 7.70. The molecule has 0 unspecified atom stereocenters. The SMILES string of the molecule is CNc1cc(Cl)cc(Cl)c1. The van der Waals surface area contributed by atoms with Gasteiger partial charge in [-0.1, -0.05) is 23.2 Å². The maximum Gasteiger partial charge on any atom is 0.0441 e. The van der Waals surface area contributed by atoms with Crippen LogP contribution in [0.25, 0.3) is 0 Å². The van der Waals surface area contributed by atoms with Gasteiger partial charge < -0.3 is 5.32 Å². The van der Waals surface area contributed by atoms with E-state index in [9.17, 15) is 0 Å². The summed E-state index contributed by atoms with van der Waals surface area (Å²) >= 11 is 11.4. The highest BCUT2D eigenvalue weighted by atomic mass is 35.5. The second kappa shape index (κ2) is 3.13. The van der Waals surface area contributed by atoms with Crippen molar-refractivity contribution in [2.45, 2.75) is 0 Å². The molecule has 0 aliphatic rings. The van der Waals surface area contributed by atoms with Crippen molar-refractivity contribution < 1.29 is 0 Å². The van der Waals surface area contributed by atoms with Crippen LogP contribution in [0.3, 0.4) is 0 Å². The first-order valence-corrected chi connectivity index (χ1v) is 3.62. The van der Waals surface area contributed by atoms with Crippen molar-refractivity contribution in [3.05, 3.63) is 28.2 Å². The molecule has 1 nitrogen and oxygen atoms in total. The molecule has 0 radical (unpaired) electrons. The van der Waals surface area contributed by atoms with Crippen LogP contribution in [-0.4, -0.2) is 7.05 Å². The molecule has 3 heteroatoms. The molecule has 10 heavy (non-hydrogen) atoms. The standard InChI is InChI=1S/C7H7Cl2N/c1-10-7-3-5(8)2-6(9)4-7/h2-4,10H,1H3. The Balaban J connectivity index is 3.06. The Hall–Kier alpha value is -0.400. The zero-order valence-electron chi connectivity index (χ0n) is 5.49. The molecule has 0 saturated carbocycles. The molecule has 1 rings (SSSR count). The smallest absolute Gasteiger partial charge is 0.0441 e. The van der Waals surface area contributed by atoms with E-state index >= 15 is 0 Å². The Morgan fingerprint density at radius 3 is 2.00 bits per heavy atom. The minimum Gasteiger partial charge on any atom is -0.388 e. The van der Waals surface area contributed by atoms with E-state index in [1.54, 1.807) is 6.07 Å². The zero-order chi connectivity index (χ0) is 7.56. The molecule has 0 saturated heterocycles. The van der Waals surface area contributed by atoms with Gasteiger partial charge >= 0.3 is 0 Å². The number of benzene rings is 1. The summed E-state index contributed by atoms with van der Waals surface area (Å²) in [6.45, 7) is 0. The van der Waals surface area contributed by atoms with Crippen LogP contribution in [0.15, 0.2) is 18.2 Å². The van der Waals surface area contributed by atoms with Gasteiger partial charge in [-0.05, 0) is 18.2 Å². The summed E-state index contributed by atoms with van der Waals surface area (Å²) in [5, 5.41) is 4.24. The summed E-state index contributed by atoms with van der Waals surface area (Å²) in [5.41, 5.74) is 0.928. The van der Waals surface area contributed by atoms with Gasteiger partial charge in [-0.25, -0.2) is 0 Å². The summed E-state index contributed by atoms with van der Waals surface area (Å²) in [4.78, 5) is 0. The fourth-order valence-electron chi connectivity index (χ4n) is 0.698.